The Kier molecular flexibility index (Phi) is 3.88. The Bertz CT molecular complexity index is 793. The maximum atomic E-state index is 12.7. The van der Waals surface area contributed by atoms with Crippen LogP contribution in [0.4, 0.5) is 5.69 Å². The van der Waals surface area contributed by atoms with Crippen LogP contribution < -0.4 is 5.32 Å². The molecule has 7 nitrogen and oxygen atoms in total. The Hall–Kier alpha value is -1.95. The molecule has 2 aliphatic heterocycles. The number of hydrogen-bond donors (Lipinski definition) is 2. The minimum absolute atomic E-state index is 0.0333. The zero-order chi connectivity index (χ0) is 16.7. The van der Waals surface area contributed by atoms with E-state index in [4.69, 9.17) is 5.26 Å². The maximum Gasteiger partial charge on any atom is 0.262 e. The van der Waals surface area contributed by atoms with Crippen molar-refractivity contribution >= 4 is 21.6 Å². The zero-order valence-electron chi connectivity index (χ0n) is 12.4. The van der Waals surface area contributed by atoms with Gasteiger partial charge in [-0.25, -0.2) is 8.42 Å². The van der Waals surface area contributed by atoms with Gasteiger partial charge in [-0.05, 0) is 31.0 Å². The second-order valence-electron chi connectivity index (χ2n) is 5.82. The molecule has 2 heterocycles. The predicted octanol–water partition coefficient (Wildman–Crippen LogP) is 0.915. The van der Waals surface area contributed by atoms with Crippen LogP contribution in [0.2, 0.25) is 0 Å². The third kappa shape index (κ3) is 2.51. The van der Waals surface area contributed by atoms with Crippen LogP contribution in [0.25, 0.3) is 0 Å². The van der Waals surface area contributed by atoms with Gasteiger partial charge in [0.05, 0.1) is 17.4 Å². The number of benzene rings is 1. The molecule has 23 heavy (non-hydrogen) atoms. The van der Waals surface area contributed by atoms with Crippen LogP contribution in [0.1, 0.15) is 31.2 Å². The quantitative estimate of drug-likeness (QED) is 0.853. The van der Waals surface area contributed by atoms with Crippen molar-refractivity contribution in [2.45, 2.75) is 36.2 Å². The summed E-state index contributed by atoms with van der Waals surface area (Å²) >= 11 is 0. The molecule has 3 rings (SSSR count). The third-order valence-electron chi connectivity index (χ3n) is 4.35. The molecule has 1 aromatic rings. The number of nitrogens with zero attached hydrogens (tertiary/aromatic N) is 2. The Labute approximate surface area is 134 Å². The van der Waals surface area contributed by atoms with Crippen LogP contribution in [0.5, 0.6) is 0 Å². The van der Waals surface area contributed by atoms with Crippen LogP contribution in [-0.2, 0) is 20.4 Å². The van der Waals surface area contributed by atoms with Crippen molar-refractivity contribution in [3.63, 3.8) is 0 Å². The van der Waals surface area contributed by atoms with Crippen LogP contribution in [-0.4, -0.2) is 36.8 Å². The number of amides is 1. The van der Waals surface area contributed by atoms with Gasteiger partial charge in [-0.2, -0.15) is 9.57 Å². The lowest BCUT2D eigenvalue weighted by molar-refractivity contribution is -0.133. The summed E-state index contributed by atoms with van der Waals surface area (Å²) in [7, 11) is -3.67. The summed E-state index contributed by atoms with van der Waals surface area (Å²) < 4.78 is 26.8. The first-order valence-electron chi connectivity index (χ1n) is 7.45. The van der Waals surface area contributed by atoms with Crippen molar-refractivity contribution in [3.05, 3.63) is 23.8 Å². The number of fused-ring (bicyclic) bond motifs is 1. The molecule has 2 N–H and O–H groups in total. The molecule has 1 aromatic carbocycles. The number of carbonyl (C=O) groups excluding carboxylic acids is 1. The Morgan fingerprint density at radius 1 is 1.30 bits per heavy atom. The van der Waals surface area contributed by atoms with Gasteiger partial charge in [0.1, 0.15) is 0 Å². The van der Waals surface area contributed by atoms with Gasteiger partial charge in [0.15, 0.2) is 5.60 Å². The largest absolute Gasteiger partial charge is 0.374 e. The molecular formula is C15H17N3O4S. The van der Waals surface area contributed by atoms with E-state index >= 15 is 0 Å². The number of aliphatic hydroxyl groups is 1. The average molecular weight is 335 g/mol. The summed E-state index contributed by atoms with van der Waals surface area (Å²) in [5, 5.41) is 21.8. The van der Waals surface area contributed by atoms with Gasteiger partial charge >= 0.3 is 0 Å². The first kappa shape index (κ1) is 15.9. The molecule has 1 atom stereocenters. The number of piperidine rings is 1. The molecule has 0 aliphatic carbocycles. The van der Waals surface area contributed by atoms with Crippen LogP contribution in [0.3, 0.4) is 0 Å². The Balaban J connectivity index is 2.03. The number of rotatable bonds is 3. The van der Waals surface area contributed by atoms with E-state index < -0.39 is 28.0 Å². The fourth-order valence-corrected chi connectivity index (χ4v) is 4.57. The van der Waals surface area contributed by atoms with Gasteiger partial charge in [0, 0.05) is 24.3 Å². The lowest BCUT2D eigenvalue weighted by Gasteiger charge is -2.26. The fraction of sp³-hybridized carbons (Fsp3) is 0.467. The van der Waals surface area contributed by atoms with E-state index in [0.717, 1.165) is 19.3 Å². The first-order valence-corrected chi connectivity index (χ1v) is 8.89. The molecule has 8 heteroatoms. The minimum Gasteiger partial charge on any atom is -0.374 e. The lowest BCUT2D eigenvalue weighted by Crippen LogP contribution is -2.36. The van der Waals surface area contributed by atoms with Gasteiger partial charge in [-0.3, -0.25) is 4.79 Å². The number of carbonyl (C=O) groups is 1. The highest BCUT2D eigenvalue weighted by molar-refractivity contribution is 7.89. The van der Waals surface area contributed by atoms with Crippen molar-refractivity contribution in [1.29, 1.82) is 5.26 Å². The summed E-state index contributed by atoms with van der Waals surface area (Å²) in [6, 6.07) is 5.95. The molecule has 0 spiro atoms. The van der Waals surface area contributed by atoms with E-state index in [0.29, 0.717) is 18.8 Å². The first-order chi connectivity index (χ1) is 10.9. The molecule has 122 valence electrons. The summed E-state index contributed by atoms with van der Waals surface area (Å²) in [4.78, 5) is 12.0. The van der Waals surface area contributed by atoms with E-state index in [1.54, 1.807) is 6.07 Å². The standard InChI is InChI=1S/C15H17N3O4S/c16-7-6-15(20)12-10-11(4-5-13(12)17-14(15)19)23(21,22)18-8-2-1-3-9-18/h4-5,10,20H,1-3,6,8-9H2,(H,17,19). The smallest absolute Gasteiger partial charge is 0.262 e. The van der Waals surface area contributed by atoms with Crippen molar-refractivity contribution in [3.8, 4) is 6.07 Å². The highest BCUT2D eigenvalue weighted by Crippen LogP contribution is 2.39. The van der Waals surface area contributed by atoms with Crippen LogP contribution in [0.15, 0.2) is 23.1 Å². The summed E-state index contributed by atoms with van der Waals surface area (Å²) in [6.45, 7) is 0.943. The van der Waals surface area contributed by atoms with Crippen LogP contribution in [0, 0.1) is 11.3 Å². The Morgan fingerprint density at radius 2 is 2.00 bits per heavy atom. The molecular weight excluding hydrogens is 318 g/mol. The monoisotopic (exact) mass is 335 g/mol. The summed E-state index contributed by atoms with van der Waals surface area (Å²) in [5.74, 6) is -0.707. The number of nitriles is 1. The zero-order valence-corrected chi connectivity index (χ0v) is 13.3. The van der Waals surface area contributed by atoms with Gasteiger partial charge in [-0.1, -0.05) is 6.42 Å². The molecule has 1 amide bonds. The van der Waals surface area contributed by atoms with Gasteiger partial charge in [-0.15, -0.1) is 0 Å². The molecule has 1 unspecified atom stereocenters. The van der Waals surface area contributed by atoms with E-state index in [-0.39, 0.29) is 10.5 Å². The molecule has 1 fully saturated rings. The molecule has 0 aromatic heterocycles. The van der Waals surface area contributed by atoms with Gasteiger partial charge in [0.2, 0.25) is 10.0 Å². The highest BCUT2D eigenvalue weighted by atomic mass is 32.2. The number of nitrogens with one attached hydrogen (secondary N) is 1. The molecule has 0 saturated carbocycles. The van der Waals surface area contributed by atoms with Crippen molar-refractivity contribution in [1.82, 2.24) is 4.31 Å². The maximum absolute atomic E-state index is 12.7. The fourth-order valence-electron chi connectivity index (χ4n) is 3.03. The average Bonchev–Trinajstić information content (AvgIpc) is 2.79. The van der Waals surface area contributed by atoms with Crippen molar-refractivity contribution < 1.29 is 18.3 Å². The SMILES string of the molecule is N#CCC1(O)C(=O)Nc2ccc(S(=O)(=O)N3CCCCC3)cc21. The van der Waals surface area contributed by atoms with E-state index in [9.17, 15) is 18.3 Å². The topological polar surface area (TPSA) is 110 Å². The second kappa shape index (κ2) is 5.60. The summed E-state index contributed by atoms with van der Waals surface area (Å²) in [5.41, 5.74) is -1.52. The lowest BCUT2D eigenvalue weighted by atomic mass is 9.92. The normalized spacial score (nSPS) is 24.8. The van der Waals surface area contributed by atoms with Gasteiger partial charge in [0.25, 0.3) is 5.91 Å². The van der Waals surface area contributed by atoms with E-state index in [1.165, 1.54) is 22.5 Å². The van der Waals surface area contributed by atoms with E-state index in [1.807, 2.05) is 0 Å². The third-order valence-corrected chi connectivity index (χ3v) is 6.24. The van der Waals surface area contributed by atoms with Crippen molar-refractivity contribution in [2.75, 3.05) is 18.4 Å². The molecule has 2 aliphatic rings. The number of anilines is 1. The number of hydrogen-bond acceptors (Lipinski definition) is 5. The predicted molar refractivity (Wildman–Crippen MR) is 81.8 cm³/mol. The van der Waals surface area contributed by atoms with Crippen molar-refractivity contribution in [2.24, 2.45) is 0 Å². The molecule has 0 bridgehead atoms. The summed E-state index contributed by atoms with van der Waals surface area (Å²) in [6.07, 6.45) is 2.22. The second-order valence-corrected chi connectivity index (χ2v) is 7.76. The van der Waals surface area contributed by atoms with Gasteiger partial charge < -0.3 is 10.4 Å². The Morgan fingerprint density at radius 3 is 2.65 bits per heavy atom. The minimum atomic E-state index is -3.67. The van der Waals surface area contributed by atoms with E-state index in [2.05, 4.69) is 5.32 Å². The van der Waals surface area contributed by atoms with Crippen LogP contribution >= 0.6 is 0 Å². The highest BCUT2D eigenvalue weighted by Gasteiger charge is 2.46. The number of sulfonamides is 1. The molecule has 1 saturated heterocycles. The molecule has 0 radical (unpaired) electrons.